The topological polar surface area (TPSA) is 30.5 Å². The molecular weight excluding hydrogens is 250 g/mol. The van der Waals surface area contributed by atoms with E-state index < -0.39 is 0 Å². The van der Waals surface area contributed by atoms with E-state index in [9.17, 15) is 0 Å². The molecule has 3 heteroatoms. The Hall–Kier alpha value is -1.06. The number of nitrogens with one attached hydrogen (secondary N) is 1. The van der Waals surface area contributed by atoms with Crippen LogP contribution >= 0.6 is 0 Å². The first kappa shape index (κ1) is 17.0. The van der Waals surface area contributed by atoms with Crippen LogP contribution in [-0.4, -0.2) is 25.4 Å². The van der Waals surface area contributed by atoms with Gasteiger partial charge in [-0.3, -0.25) is 0 Å². The van der Waals surface area contributed by atoms with Gasteiger partial charge < -0.3 is 14.8 Å². The molecule has 0 amide bonds. The molecule has 3 nitrogen and oxygen atoms in total. The molecule has 1 aromatic carbocycles. The minimum atomic E-state index is 0.324. The fourth-order valence-electron chi connectivity index (χ4n) is 1.97. The van der Waals surface area contributed by atoms with Crippen LogP contribution in [0.5, 0.6) is 5.75 Å². The molecule has 0 aliphatic heterocycles. The van der Waals surface area contributed by atoms with Crippen molar-refractivity contribution in [3.63, 3.8) is 0 Å². The van der Waals surface area contributed by atoms with Crippen LogP contribution in [0.1, 0.15) is 46.1 Å². The van der Waals surface area contributed by atoms with Gasteiger partial charge in [0.1, 0.15) is 12.4 Å². The molecule has 0 saturated carbocycles. The number of ether oxygens (including phenoxy) is 2. The highest BCUT2D eigenvalue weighted by atomic mass is 16.5. The van der Waals surface area contributed by atoms with Crippen molar-refractivity contribution >= 4 is 0 Å². The van der Waals surface area contributed by atoms with Crippen LogP contribution in [-0.2, 0) is 11.3 Å². The lowest BCUT2D eigenvalue weighted by Crippen LogP contribution is -2.21. The van der Waals surface area contributed by atoms with Gasteiger partial charge in [-0.2, -0.15) is 0 Å². The summed E-state index contributed by atoms with van der Waals surface area (Å²) in [6, 6.07) is 8.72. The Bertz CT molecular complexity index is 366. The van der Waals surface area contributed by atoms with Gasteiger partial charge >= 0.3 is 0 Å². The van der Waals surface area contributed by atoms with E-state index >= 15 is 0 Å². The highest BCUT2D eigenvalue weighted by Gasteiger charge is 2.01. The van der Waals surface area contributed by atoms with Crippen LogP contribution in [0.2, 0.25) is 0 Å². The van der Waals surface area contributed by atoms with E-state index in [2.05, 4.69) is 45.1 Å². The van der Waals surface area contributed by atoms with Crippen molar-refractivity contribution in [3.05, 3.63) is 29.8 Å². The molecule has 0 aliphatic carbocycles. The van der Waals surface area contributed by atoms with Gasteiger partial charge in [0.25, 0.3) is 0 Å². The van der Waals surface area contributed by atoms with Gasteiger partial charge in [-0.05, 0) is 31.0 Å². The minimum absolute atomic E-state index is 0.324. The molecule has 114 valence electrons. The molecule has 0 spiro atoms. The summed E-state index contributed by atoms with van der Waals surface area (Å²) in [7, 11) is 0. The maximum absolute atomic E-state index is 5.73. The average Bonchev–Trinajstić information content (AvgIpc) is 2.42. The Morgan fingerprint density at radius 3 is 2.65 bits per heavy atom. The normalized spacial score (nSPS) is 12.7. The molecule has 1 aromatic rings. The molecule has 1 N–H and O–H groups in total. The molecule has 0 radical (unpaired) electrons. The predicted octanol–water partition coefficient (Wildman–Crippen LogP) is 3.77. The summed E-state index contributed by atoms with van der Waals surface area (Å²) >= 11 is 0. The number of rotatable bonds is 10. The summed E-state index contributed by atoms with van der Waals surface area (Å²) in [6.07, 6.45) is 2.59. The molecule has 0 aromatic heterocycles. The summed E-state index contributed by atoms with van der Waals surface area (Å²) in [5.74, 6) is 0.916. The maximum atomic E-state index is 5.73. The highest BCUT2D eigenvalue weighted by molar-refractivity contribution is 5.28. The Labute approximate surface area is 123 Å². The number of benzene rings is 1. The second-order valence-corrected chi connectivity index (χ2v) is 5.50. The smallest absolute Gasteiger partial charge is 0.119 e. The fourth-order valence-corrected chi connectivity index (χ4v) is 1.97. The van der Waals surface area contributed by atoms with Crippen molar-refractivity contribution < 1.29 is 9.47 Å². The summed E-state index contributed by atoms with van der Waals surface area (Å²) in [5, 5.41) is 3.40. The molecule has 0 fully saturated rings. The van der Waals surface area contributed by atoms with Crippen LogP contribution in [0.15, 0.2) is 24.3 Å². The molecule has 0 heterocycles. The Morgan fingerprint density at radius 1 is 1.15 bits per heavy atom. The third kappa shape index (κ3) is 7.51. The van der Waals surface area contributed by atoms with Gasteiger partial charge in [-0.15, -0.1) is 0 Å². The zero-order valence-electron chi connectivity index (χ0n) is 13.3. The Kier molecular flexibility index (Phi) is 8.31. The summed E-state index contributed by atoms with van der Waals surface area (Å²) < 4.78 is 11.4. The zero-order valence-corrected chi connectivity index (χ0v) is 13.3. The van der Waals surface area contributed by atoms with Gasteiger partial charge in [-0.1, -0.05) is 39.3 Å². The van der Waals surface area contributed by atoms with Crippen molar-refractivity contribution in [1.29, 1.82) is 0 Å². The van der Waals surface area contributed by atoms with Crippen LogP contribution in [0, 0.1) is 0 Å². The van der Waals surface area contributed by atoms with E-state index in [0.29, 0.717) is 25.4 Å². The van der Waals surface area contributed by atoms with E-state index in [4.69, 9.17) is 9.47 Å². The lowest BCUT2D eigenvalue weighted by Gasteiger charge is -2.13. The van der Waals surface area contributed by atoms with Crippen molar-refractivity contribution in [1.82, 2.24) is 5.32 Å². The van der Waals surface area contributed by atoms with E-state index in [1.54, 1.807) is 0 Å². The van der Waals surface area contributed by atoms with Crippen molar-refractivity contribution in [2.75, 3.05) is 13.2 Å². The molecule has 0 bridgehead atoms. The molecule has 0 saturated heterocycles. The van der Waals surface area contributed by atoms with Crippen LogP contribution < -0.4 is 10.1 Å². The molecule has 20 heavy (non-hydrogen) atoms. The standard InChI is InChI=1S/C17H29NO2/c1-5-7-15(4)19-10-11-20-17-9-6-8-16(12-17)13-18-14(2)3/h6,8-9,12,14-15,18H,5,7,10-11,13H2,1-4H3. The van der Waals surface area contributed by atoms with Crippen LogP contribution in [0.4, 0.5) is 0 Å². The molecule has 1 unspecified atom stereocenters. The Morgan fingerprint density at radius 2 is 1.95 bits per heavy atom. The second-order valence-electron chi connectivity index (χ2n) is 5.50. The van der Waals surface area contributed by atoms with Gasteiger partial charge in [0.2, 0.25) is 0 Å². The van der Waals surface area contributed by atoms with E-state index in [1.807, 2.05) is 12.1 Å². The highest BCUT2D eigenvalue weighted by Crippen LogP contribution is 2.13. The number of hydrogen-bond donors (Lipinski definition) is 1. The first-order valence-electron chi connectivity index (χ1n) is 7.68. The second kappa shape index (κ2) is 9.78. The average molecular weight is 279 g/mol. The first-order chi connectivity index (χ1) is 9.61. The van der Waals surface area contributed by atoms with Crippen molar-refractivity contribution in [3.8, 4) is 5.75 Å². The van der Waals surface area contributed by atoms with Crippen molar-refractivity contribution in [2.24, 2.45) is 0 Å². The van der Waals surface area contributed by atoms with E-state index in [1.165, 1.54) is 5.56 Å². The molecular formula is C17H29NO2. The number of hydrogen-bond acceptors (Lipinski definition) is 3. The minimum Gasteiger partial charge on any atom is -0.491 e. The molecule has 1 rings (SSSR count). The quantitative estimate of drug-likeness (QED) is 0.661. The van der Waals surface area contributed by atoms with Crippen LogP contribution in [0.25, 0.3) is 0 Å². The lowest BCUT2D eigenvalue weighted by atomic mass is 10.2. The summed E-state index contributed by atoms with van der Waals surface area (Å²) in [5.41, 5.74) is 1.25. The lowest BCUT2D eigenvalue weighted by molar-refractivity contribution is 0.0395. The predicted molar refractivity (Wildman–Crippen MR) is 84.2 cm³/mol. The zero-order chi connectivity index (χ0) is 14.8. The summed E-state index contributed by atoms with van der Waals surface area (Å²) in [6.45, 7) is 10.7. The van der Waals surface area contributed by atoms with Crippen molar-refractivity contribution in [2.45, 2.75) is 59.2 Å². The van der Waals surface area contributed by atoms with Gasteiger partial charge in [-0.25, -0.2) is 0 Å². The first-order valence-corrected chi connectivity index (χ1v) is 7.68. The monoisotopic (exact) mass is 279 g/mol. The van der Waals surface area contributed by atoms with E-state index in [-0.39, 0.29) is 0 Å². The van der Waals surface area contributed by atoms with E-state index in [0.717, 1.165) is 25.1 Å². The van der Waals surface area contributed by atoms with Gasteiger partial charge in [0.05, 0.1) is 12.7 Å². The van der Waals surface area contributed by atoms with Crippen LogP contribution in [0.3, 0.4) is 0 Å². The SMILES string of the molecule is CCCC(C)OCCOc1cccc(CNC(C)C)c1. The third-order valence-electron chi connectivity index (χ3n) is 3.06. The van der Waals surface area contributed by atoms with Gasteiger partial charge in [0.15, 0.2) is 0 Å². The largest absolute Gasteiger partial charge is 0.491 e. The molecule has 0 aliphatic rings. The Balaban J connectivity index is 2.28. The fraction of sp³-hybridized carbons (Fsp3) is 0.647. The third-order valence-corrected chi connectivity index (χ3v) is 3.06. The van der Waals surface area contributed by atoms with Gasteiger partial charge in [0, 0.05) is 12.6 Å². The maximum Gasteiger partial charge on any atom is 0.119 e. The molecule has 1 atom stereocenters. The summed E-state index contributed by atoms with van der Waals surface area (Å²) in [4.78, 5) is 0.